The van der Waals surface area contributed by atoms with Crippen LogP contribution in [0.1, 0.15) is 105 Å². The highest BCUT2D eigenvalue weighted by Crippen LogP contribution is 2.50. The zero-order valence-corrected chi connectivity index (χ0v) is 28.1. The summed E-state index contributed by atoms with van der Waals surface area (Å²) in [5.41, 5.74) is 1.74. The summed E-state index contributed by atoms with van der Waals surface area (Å²) in [4.78, 5) is 70.8. The number of nitrogens with zero attached hydrogens (tertiary/aromatic N) is 2. The highest BCUT2D eigenvalue weighted by Gasteiger charge is 2.40. The van der Waals surface area contributed by atoms with E-state index >= 15 is 0 Å². The Labute approximate surface area is 287 Å². The van der Waals surface area contributed by atoms with Crippen LogP contribution < -0.4 is 4.74 Å². The molecule has 0 unspecified atom stereocenters. The Hall–Kier alpha value is -5.83. The molecule has 2 aliphatic heterocycles. The predicted octanol–water partition coefficient (Wildman–Crippen LogP) is 8.80. The molecule has 4 amide bonds. The van der Waals surface area contributed by atoms with Gasteiger partial charge >= 0.3 is 5.97 Å². The Bertz CT molecular complexity index is 2450. The first-order valence-electron chi connectivity index (χ1n) is 17.2. The number of carbonyl (C=O) groups is 5. The van der Waals surface area contributed by atoms with Crippen molar-refractivity contribution in [3.8, 4) is 11.5 Å². The first-order valence-corrected chi connectivity index (χ1v) is 17.2. The van der Waals surface area contributed by atoms with Crippen LogP contribution in [0.4, 0.5) is 0 Å². The largest absolute Gasteiger partial charge is 0.478 e. The lowest BCUT2D eigenvalue weighted by molar-refractivity contribution is 0.0514. The summed E-state index contributed by atoms with van der Waals surface area (Å²) in [5, 5.41) is 14.8. The van der Waals surface area contributed by atoms with Gasteiger partial charge in [0.1, 0.15) is 11.5 Å². The molecule has 0 radical (unpaired) electrons. The quantitative estimate of drug-likeness (QED) is 0.0930. The number of hydrogen-bond donors (Lipinski definition) is 1. The molecule has 0 atom stereocenters. The Balaban J connectivity index is 1.48. The van der Waals surface area contributed by atoms with Gasteiger partial charge < -0.3 is 9.84 Å². The minimum atomic E-state index is -1.07. The molecule has 0 saturated carbocycles. The molecule has 9 nitrogen and oxygen atoms in total. The molecule has 2 aliphatic rings. The molecular formula is C41H34N2O7. The second kappa shape index (κ2) is 11.4. The van der Waals surface area contributed by atoms with E-state index in [1.165, 1.54) is 21.9 Å². The van der Waals surface area contributed by atoms with Crippen molar-refractivity contribution < 1.29 is 33.8 Å². The number of aromatic carboxylic acids is 1. The number of carboxylic acids is 1. The number of rotatable bonds is 9. The fourth-order valence-corrected chi connectivity index (χ4v) is 8.21. The summed E-state index contributed by atoms with van der Waals surface area (Å²) >= 11 is 0. The number of ether oxygens (including phenoxy) is 1. The molecule has 6 aromatic carbocycles. The molecule has 6 aromatic rings. The average molecular weight is 667 g/mol. The van der Waals surface area contributed by atoms with E-state index in [0.717, 1.165) is 16.2 Å². The Morgan fingerprint density at radius 1 is 0.560 bits per heavy atom. The van der Waals surface area contributed by atoms with E-state index in [2.05, 4.69) is 0 Å². The van der Waals surface area contributed by atoms with Gasteiger partial charge in [-0.15, -0.1) is 0 Å². The van der Waals surface area contributed by atoms with Crippen LogP contribution in [0.25, 0.3) is 43.1 Å². The molecule has 250 valence electrons. The van der Waals surface area contributed by atoms with Gasteiger partial charge in [-0.1, -0.05) is 45.9 Å². The molecule has 9 heteroatoms. The lowest BCUT2D eigenvalue weighted by Gasteiger charge is -2.35. The van der Waals surface area contributed by atoms with E-state index in [-0.39, 0.29) is 35.4 Å². The number of hydrogen-bond acceptors (Lipinski definition) is 6. The summed E-state index contributed by atoms with van der Waals surface area (Å²) in [6.45, 7) is 7.84. The first kappa shape index (κ1) is 31.4. The van der Waals surface area contributed by atoms with Crippen LogP contribution in [-0.2, 0) is 0 Å². The van der Waals surface area contributed by atoms with Crippen LogP contribution in [-0.4, -0.2) is 56.6 Å². The van der Waals surface area contributed by atoms with Crippen LogP contribution in [0.5, 0.6) is 11.5 Å². The molecule has 0 bridgehead atoms. The normalized spacial score (nSPS) is 14.5. The van der Waals surface area contributed by atoms with E-state index in [1.54, 1.807) is 36.4 Å². The number of carboxylic acid groups (broad SMARTS) is 1. The average Bonchev–Trinajstić information content (AvgIpc) is 3.12. The van der Waals surface area contributed by atoms with Gasteiger partial charge in [0.15, 0.2) is 0 Å². The monoisotopic (exact) mass is 666 g/mol. The number of amides is 4. The van der Waals surface area contributed by atoms with Crippen LogP contribution >= 0.6 is 0 Å². The number of benzene rings is 6. The lowest BCUT2D eigenvalue weighted by Crippen LogP contribution is -2.46. The minimum absolute atomic E-state index is 0.0960. The fourth-order valence-electron chi connectivity index (χ4n) is 8.21. The molecule has 0 spiro atoms. The topological polar surface area (TPSA) is 121 Å². The van der Waals surface area contributed by atoms with Crippen molar-refractivity contribution in [2.45, 2.75) is 65.5 Å². The number of fused-ring (bicyclic) bond motifs is 2. The van der Waals surface area contributed by atoms with E-state index in [9.17, 15) is 29.1 Å². The second-order valence-electron chi connectivity index (χ2n) is 13.1. The zero-order chi connectivity index (χ0) is 35.2. The Morgan fingerprint density at radius 2 is 1.00 bits per heavy atom. The van der Waals surface area contributed by atoms with Crippen LogP contribution in [0.15, 0.2) is 66.7 Å². The van der Waals surface area contributed by atoms with Crippen molar-refractivity contribution in [2.24, 2.45) is 0 Å². The van der Waals surface area contributed by atoms with Gasteiger partial charge in [-0.05, 0) is 95.8 Å². The third kappa shape index (κ3) is 4.15. The van der Waals surface area contributed by atoms with E-state index in [1.807, 2.05) is 45.9 Å². The van der Waals surface area contributed by atoms with Gasteiger partial charge in [0.05, 0.1) is 11.1 Å². The predicted molar refractivity (Wildman–Crippen MR) is 191 cm³/mol. The van der Waals surface area contributed by atoms with Gasteiger partial charge in [-0.2, -0.15) is 0 Å². The number of carbonyl (C=O) groups excluding carboxylic acids is 4. The standard InChI is InChI=1S/C41H34N2O7/c1-5-21(6-2)42-37(44)27-16-13-24-25-14-17-29-34-30(40(47)43(39(29)46)22(7-3)8-4)19-31(50-23-11-9-20(10-12-23)41(48)49)35(36(25)34)26-15-18-28(38(42)45)33(27)32(24)26/h9-19,21-22H,5-8H2,1-4H3,(H,48,49). The maximum absolute atomic E-state index is 14.3. The maximum Gasteiger partial charge on any atom is 0.335 e. The minimum Gasteiger partial charge on any atom is -0.478 e. The Morgan fingerprint density at radius 3 is 1.48 bits per heavy atom. The van der Waals surface area contributed by atoms with Crippen molar-refractivity contribution in [1.82, 2.24) is 9.80 Å². The van der Waals surface area contributed by atoms with Crippen molar-refractivity contribution >= 4 is 72.7 Å². The molecule has 0 aliphatic carbocycles. The molecule has 50 heavy (non-hydrogen) atoms. The maximum atomic E-state index is 14.3. The van der Waals surface area contributed by atoms with Crippen LogP contribution in [0.2, 0.25) is 0 Å². The van der Waals surface area contributed by atoms with Crippen LogP contribution in [0, 0.1) is 0 Å². The van der Waals surface area contributed by atoms with Crippen molar-refractivity contribution in [1.29, 1.82) is 0 Å². The third-order valence-corrected chi connectivity index (χ3v) is 10.7. The first-order chi connectivity index (χ1) is 24.1. The molecule has 0 fully saturated rings. The molecule has 1 N–H and O–H groups in total. The molecule has 8 rings (SSSR count). The summed E-state index contributed by atoms with van der Waals surface area (Å²) in [7, 11) is 0. The van der Waals surface area contributed by atoms with E-state index in [4.69, 9.17) is 4.74 Å². The number of imide groups is 2. The van der Waals surface area contributed by atoms with Crippen molar-refractivity contribution in [3.63, 3.8) is 0 Å². The summed E-state index contributed by atoms with van der Waals surface area (Å²) in [6, 6.07) is 18.1. The van der Waals surface area contributed by atoms with Gasteiger partial charge in [0.25, 0.3) is 23.6 Å². The zero-order valence-electron chi connectivity index (χ0n) is 28.1. The lowest BCUT2D eigenvalue weighted by atomic mass is 9.81. The van der Waals surface area contributed by atoms with E-state index < -0.39 is 11.9 Å². The fraction of sp³-hybridized carbons (Fsp3) is 0.244. The summed E-state index contributed by atoms with van der Waals surface area (Å²) in [5.74, 6) is -1.79. The molecule has 2 heterocycles. The summed E-state index contributed by atoms with van der Waals surface area (Å²) in [6.07, 6.45) is 2.49. The highest BCUT2D eigenvalue weighted by molar-refractivity contribution is 6.42. The second-order valence-corrected chi connectivity index (χ2v) is 13.1. The van der Waals surface area contributed by atoms with Crippen molar-refractivity contribution in [3.05, 3.63) is 94.5 Å². The Kier molecular flexibility index (Phi) is 7.15. The summed E-state index contributed by atoms with van der Waals surface area (Å²) < 4.78 is 6.54. The molecule has 0 saturated heterocycles. The van der Waals surface area contributed by atoms with Crippen LogP contribution in [0.3, 0.4) is 0 Å². The van der Waals surface area contributed by atoms with E-state index in [0.29, 0.717) is 86.4 Å². The third-order valence-electron chi connectivity index (χ3n) is 10.7. The SMILES string of the molecule is CCC(CC)N1C(=O)c2ccc3c4ccc5c6c(cc(Oc7ccc(C(=O)O)cc7)c(c7ccc(c2c37)C1=O)c64)C(=O)N(C(CC)CC)C5=O. The van der Waals surface area contributed by atoms with Gasteiger partial charge in [0, 0.05) is 50.3 Å². The van der Waals surface area contributed by atoms with Gasteiger partial charge in [-0.3, -0.25) is 29.0 Å². The van der Waals surface area contributed by atoms with Gasteiger partial charge in [0.2, 0.25) is 0 Å². The smallest absolute Gasteiger partial charge is 0.335 e. The van der Waals surface area contributed by atoms with Gasteiger partial charge in [-0.25, -0.2) is 4.79 Å². The van der Waals surface area contributed by atoms with Crippen molar-refractivity contribution in [2.75, 3.05) is 0 Å². The molecule has 0 aromatic heterocycles. The molecular weight excluding hydrogens is 632 g/mol. The highest BCUT2D eigenvalue weighted by atomic mass is 16.5.